The Kier molecular flexibility index (Phi) is 4.97. The largest absolute Gasteiger partial charge is 0.381 e. The number of H-pyrrole nitrogens is 1. The molecule has 4 heterocycles. The van der Waals surface area contributed by atoms with Gasteiger partial charge in [-0.05, 0) is 18.2 Å². The van der Waals surface area contributed by atoms with Crippen LogP contribution in [0.2, 0.25) is 0 Å². The zero-order valence-electron chi connectivity index (χ0n) is 16.1. The van der Waals surface area contributed by atoms with Crippen molar-refractivity contribution in [2.24, 2.45) is 0 Å². The number of thiophene rings is 1. The molecule has 0 unspecified atom stereocenters. The van der Waals surface area contributed by atoms with Crippen LogP contribution in [0.1, 0.15) is 4.88 Å². The van der Waals surface area contributed by atoms with Gasteiger partial charge in [0.05, 0.1) is 41.8 Å². The number of fused-ring (bicyclic) bond motifs is 2. The normalized spacial score (nSPS) is 15.1. The van der Waals surface area contributed by atoms with Crippen LogP contribution in [-0.4, -0.2) is 60.2 Å². The van der Waals surface area contributed by atoms with Gasteiger partial charge in [0.15, 0.2) is 11.6 Å². The van der Waals surface area contributed by atoms with Gasteiger partial charge >= 0.3 is 0 Å². The molecule has 8 heteroatoms. The van der Waals surface area contributed by atoms with Gasteiger partial charge in [-0.1, -0.05) is 18.2 Å². The maximum atomic E-state index is 5.55. The van der Waals surface area contributed by atoms with Crippen molar-refractivity contribution in [2.45, 2.75) is 0 Å². The van der Waals surface area contributed by atoms with Crippen molar-refractivity contribution < 1.29 is 9.47 Å². The smallest absolute Gasteiger partial charge is 0.162 e. The Morgan fingerprint density at radius 3 is 3.03 bits per heavy atom. The first-order chi connectivity index (χ1) is 14.3. The molecule has 3 aromatic heterocycles. The van der Waals surface area contributed by atoms with E-state index in [2.05, 4.69) is 27.2 Å². The van der Waals surface area contributed by atoms with Gasteiger partial charge in [-0.2, -0.15) is 5.10 Å². The molecule has 1 N–H and O–H groups in total. The number of aromatic nitrogens is 4. The monoisotopic (exact) mass is 407 g/mol. The van der Waals surface area contributed by atoms with E-state index in [1.807, 2.05) is 30.5 Å². The molecule has 0 radical (unpaired) electrons. The van der Waals surface area contributed by atoms with Gasteiger partial charge in [-0.15, -0.1) is 11.3 Å². The maximum Gasteiger partial charge on any atom is 0.162 e. The van der Waals surface area contributed by atoms with Crippen LogP contribution in [0, 0.1) is 0 Å². The van der Waals surface area contributed by atoms with Crippen LogP contribution < -0.4 is 4.90 Å². The lowest BCUT2D eigenvalue weighted by atomic mass is 10.1. The summed E-state index contributed by atoms with van der Waals surface area (Å²) in [6.45, 7) is 3.67. The Labute approximate surface area is 172 Å². The van der Waals surface area contributed by atoms with Crippen LogP contribution >= 0.6 is 11.3 Å². The molecule has 1 fully saturated rings. The minimum atomic E-state index is 0.587. The Morgan fingerprint density at radius 2 is 2.17 bits per heavy atom. The predicted molar refractivity (Wildman–Crippen MR) is 116 cm³/mol. The lowest BCUT2D eigenvalue weighted by Crippen LogP contribution is -2.36. The first-order valence-corrected chi connectivity index (χ1v) is 10.4. The zero-order valence-corrected chi connectivity index (χ0v) is 16.9. The summed E-state index contributed by atoms with van der Waals surface area (Å²) in [6, 6.07) is 8.19. The molecule has 0 spiro atoms. The summed E-state index contributed by atoms with van der Waals surface area (Å²) in [5.74, 6) is 1.70. The van der Waals surface area contributed by atoms with Gasteiger partial charge in [0.25, 0.3) is 0 Å². The summed E-state index contributed by atoms with van der Waals surface area (Å²) in [6.07, 6.45) is 5.92. The van der Waals surface area contributed by atoms with Crippen LogP contribution in [-0.2, 0) is 9.47 Å². The highest BCUT2D eigenvalue weighted by atomic mass is 32.1. The number of hydrogen-bond acceptors (Lipinski definition) is 7. The minimum absolute atomic E-state index is 0.587. The van der Waals surface area contributed by atoms with Gasteiger partial charge in [-0.25, -0.2) is 9.97 Å². The lowest BCUT2D eigenvalue weighted by molar-refractivity contribution is 0.122. The van der Waals surface area contributed by atoms with E-state index in [0.717, 1.165) is 56.3 Å². The molecule has 0 aliphatic carbocycles. The highest BCUT2D eigenvalue weighted by Crippen LogP contribution is 2.36. The van der Waals surface area contributed by atoms with Crippen LogP contribution in [0.3, 0.4) is 0 Å². The molecule has 1 aromatic carbocycles. The summed E-state index contributed by atoms with van der Waals surface area (Å²) >= 11 is 1.71. The average Bonchev–Trinajstić information content (AvgIpc) is 3.40. The Morgan fingerprint density at radius 1 is 1.28 bits per heavy atom. The third-order valence-corrected chi connectivity index (χ3v) is 6.04. The van der Waals surface area contributed by atoms with E-state index in [4.69, 9.17) is 19.4 Å². The number of ether oxygens (including phenoxy) is 2. The predicted octanol–water partition coefficient (Wildman–Crippen LogP) is 3.73. The van der Waals surface area contributed by atoms with Crippen LogP contribution in [0.15, 0.2) is 36.5 Å². The SMILES string of the molecule is COCC=Cc1cc2nc(-c3cccc4[nH]ncc34)nc(N3CCOCC3)c2s1. The molecule has 7 nitrogen and oxygen atoms in total. The minimum Gasteiger partial charge on any atom is -0.381 e. The molecule has 1 saturated heterocycles. The summed E-state index contributed by atoms with van der Waals surface area (Å²) in [5.41, 5.74) is 2.92. The Balaban J connectivity index is 1.67. The van der Waals surface area contributed by atoms with E-state index < -0.39 is 0 Å². The molecule has 0 bridgehead atoms. The van der Waals surface area contributed by atoms with E-state index in [-0.39, 0.29) is 0 Å². The number of methoxy groups -OCH3 is 1. The molecule has 148 valence electrons. The number of nitrogens with zero attached hydrogens (tertiary/aromatic N) is 4. The second-order valence-electron chi connectivity index (χ2n) is 6.83. The molecular weight excluding hydrogens is 386 g/mol. The number of morpholine rings is 1. The van der Waals surface area contributed by atoms with Crippen LogP contribution in [0.4, 0.5) is 5.82 Å². The van der Waals surface area contributed by atoms with Gasteiger partial charge < -0.3 is 14.4 Å². The topological polar surface area (TPSA) is 76.2 Å². The van der Waals surface area contributed by atoms with E-state index in [0.29, 0.717) is 19.8 Å². The number of benzene rings is 1. The number of anilines is 1. The molecule has 0 atom stereocenters. The van der Waals surface area contributed by atoms with Crippen molar-refractivity contribution in [3.63, 3.8) is 0 Å². The molecule has 1 aliphatic heterocycles. The molecule has 5 rings (SSSR count). The summed E-state index contributed by atoms with van der Waals surface area (Å²) < 4.78 is 11.8. The fourth-order valence-electron chi connectivity index (χ4n) is 3.55. The van der Waals surface area contributed by atoms with Crippen molar-refractivity contribution in [2.75, 3.05) is 44.9 Å². The van der Waals surface area contributed by atoms with E-state index in [9.17, 15) is 0 Å². The standard InChI is InChI=1S/C21H21N5O2S/c1-27-9-3-4-14-12-18-19(29-14)21(26-7-10-28-11-8-26)24-20(23-18)15-5-2-6-17-16(15)13-22-25-17/h2-6,12-13H,7-11H2,1H3,(H,22,25). The molecule has 29 heavy (non-hydrogen) atoms. The maximum absolute atomic E-state index is 5.55. The molecule has 0 saturated carbocycles. The highest BCUT2D eigenvalue weighted by molar-refractivity contribution is 7.20. The van der Waals surface area contributed by atoms with E-state index >= 15 is 0 Å². The van der Waals surface area contributed by atoms with Gasteiger partial charge in [0.2, 0.25) is 0 Å². The molecular formula is C21H21N5O2S. The van der Waals surface area contributed by atoms with Crippen molar-refractivity contribution >= 4 is 44.4 Å². The van der Waals surface area contributed by atoms with Gasteiger partial charge in [0, 0.05) is 36.0 Å². The third kappa shape index (κ3) is 3.50. The first-order valence-electron chi connectivity index (χ1n) is 9.56. The summed E-state index contributed by atoms with van der Waals surface area (Å²) in [5, 5.41) is 8.23. The van der Waals surface area contributed by atoms with Gasteiger partial charge in [-0.3, -0.25) is 5.10 Å². The van der Waals surface area contributed by atoms with Crippen LogP contribution in [0.25, 0.3) is 38.6 Å². The third-order valence-electron chi connectivity index (χ3n) is 4.95. The fraction of sp³-hybridized carbons (Fsp3) is 0.286. The zero-order chi connectivity index (χ0) is 19.6. The van der Waals surface area contributed by atoms with E-state index in [1.165, 1.54) is 0 Å². The Hall–Kier alpha value is -2.81. The summed E-state index contributed by atoms with van der Waals surface area (Å²) in [4.78, 5) is 13.4. The molecule has 1 aliphatic rings. The van der Waals surface area contributed by atoms with Crippen LogP contribution in [0.5, 0.6) is 0 Å². The van der Waals surface area contributed by atoms with E-state index in [1.54, 1.807) is 18.4 Å². The Bertz CT molecular complexity index is 1180. The number of nitrogens with one attached hydrogen (secondary N) is 1. The quantitative estimate of drug-likeness (QED) is 0.543. The van der Waals surface area contributed by atoms with Crippen molar-refractivity contribution in [1.82, 2.24) is 20.2 Å². The highest BCUT2D eigenvalue weighted by Gasteiger charge is 2.20. The first kappa shape index (κ1) is 18.2. The van der Waals surface area contributed by atoms with Crippen molar-refractivity contribution in [3.8, 4) is 11.4 Å². The molecule has 0 amide bonds. The fourth-order valence-corrected chi connectivity index (χ4v) is 4.59. The second kappa shape index (κ2) is 7.90. The summed E-state index contributed by atoms with van der Waals surface area (Å²) in [7, 11) is 1.69. The van der Waals surface area contributed by atoms with Gasteiger partial charge in [0.1, 0.15) is 0 Å². The van der Waals surface area contributed by atoms with Crippen molar-refractivity contribution in [3.05, 3.63) is 41.4 Å². The lowest BCUT2D eigenvalue weighted by Gasteiger charge is -2.28. The number of aromatic amines is 1. The average molecular weight is 407 g/mol. The van der Waals surface area contributed by atoms with Crippen molar-refractivity contribution in [1.29, 1.82) is 0 Å². The second-order valence-corrected chi connectivity index (χ2v) is 7.91. The number of hydrogen-bond donors (Lipinski definition) is 1. The molecule has 4 aromatic rings. The number of rotatable bonds is 5.